The van der Waals surface area contributed by atoms with Gasteiger partial charge in [-0.3, -0.25) is 0 Å². The molecule has 0 spiro atoms. The number of hydroxylamine groups is 2. The molecule has 2 aromatic rings. The third-order valence-corrected chi connectivity index (χ3v) is 5.52. The number of carbonyl (C=O) groups is 2. The van der Waals surface area contributed by atoms with Crippen molar-refractivity contribution < 1.29 is 28.6 Å². The van der Waals surface area contributed by atoms with E-state index in [0.29, 0.717) is 36.4 Å². The smallest absolute Gasteiger partial charge is 0.436 e. The summed E-state index contributed by atoms with van der Waals surface area (Å²) in [7, 11) is 3.11. The second-order valence-corrected chi connectivity index (χ2v) is 7.49. The Balaban J connectivity index is 1.88. The number of rotatable bonds is 4. The molecular formula is C20H18BrNO6. The van der Waals surface area contributed by atoms with Gasteiger partial charge in [-0.15, -0.1) is 0 Å². The van der Waals surface area contributed by atoms with Crippen molar-refractivity contribution in [3.8, 4) is 11.5 Å². The molecule has 1 fully saturated rings. The van der Waals surface area contributed by atoms with E-state index in [1.54, 1.807) is 20.3 Å². The molecule has 1 saturated heterocycles. The molecule has 28 heavy (non-hydrogen) atoms. The Morgan fingerprint density at radius 1 is 1.07 bits per heavy atom. The van der Waals surface area contributed by atoms with E-state index < -0.39 is 17.7 Å². The highest BCUT2D eigenvalue weighted by Gasteiger charge is 2.54. The molecule has 0 saturated carbocycles. The minimum atomic E-state index is -1.27. The quantitative estimate of drug-likeness (QED) is 0.526. The van der Waals surface area contributed by atoms with Crippen molar-refractivity contribution in [1.82, 2.24) is 5.06 Å². The first-order chi connectivity index (χ1) is 13.5. The molecule has 1 unspecified atom stereocenters. The Morgan fingerprint density at radius 2 is 1.75 bits per heavy atom. The van der Waals surface area contributed by atoms with Gasteiger partial charge in [-0.1, -0.05) is 33.1 Å². The van der Waals surface area contributed by atoms with Crippen molar-refractivity contribution in [3.05, 3.63) is 57.6 Å². The first kappa shape index (κ1) is 18.8. The van der Waals surface area contributed by atoms with Gasteiger partial charge in [0.1, 0.15) is 0 Å². The first-order valence-electron chi connectivity index (χ1n) is 8.69. The lowest BCUT2D eigenvalue weighted by atomic mass is 9.85. The SMILES string of the molecule is COc1cc2c(cc1OC)C1(Cc3ccc(Br)cc3)OC(=O)C(=O)ON1CC2. The summed E-state index contributed by atoms with van der Waals surface area (Å²) >= 11 is 3.42. The summed E-state index contributed by atoms with van der Waals surface area (Å²) in [6, 6.07) is 11.3. The van der Waals surface area contributed by atoms with E-state index in [4.69, 9.17) is 19.0 Å². The topological polar surface area (TPSA) is 74.3 Å². The van der Waals surface area contributed by atoms with Crippen molar-refractivity contribution in [2.75, 3.05) is 20.8 Å². The van der Waals surface area contributed by atoms with Gasteiger partial charge in [0.25, 0.3) is 0 Å². The van der Waals surface area contributed by atoms with Gasteiger partial charge in [0.15, 0.2) is 11.5 Å². The van der Waals surface area contributed by atoms with Crippen LogP contribution >= 0.6 is 15.9 Å². The summed E-state index contributed by atoms with van der Waals surface area (Å²) in [5.41, 5.74) is 1.30. The van der Waals surface area contributed by atoms with E-state index in [1.807, 2.05) is 30.3 Å². The van der Waals surface area contributed by atoms with Gasteiger partial charge in [-0.2, -0.15) is 0 Å². The number of halogens is 1. The zero-order valence-electron chi connectivity index (χ0n) is 15.4. The maximum Gasteiger partial charge on any atom is 0.436 e. The maximum absolute atomic E-state index is 12.2. The molecule has 7 nitrogen and oxygen atoms in total. The van der Waals surface area contributed by atoms with Gasteiger partial charge in [0.05, 0.1) is 14.2 Å². The van der Waals surface area contributed by atoms with Gasteiger partial charge < -0.3 is 19.0 Å². The van der Waals surface area contributed by atoms with Crippen molar-refractivity contribution in [2.24, 2.45) is 0 Å². The van der Waals surface area contributed by atoms with E-state index in [-0.39, 0.29) is 0 Å². The molecule has 4 rings (SSSR count). The summed E-state index contributed by atoms with van der Waals surface area (Å²) in [5, 5.41) is 1.45. The molecule has 0 radical (unpaired) electrons. The second-order valence-electron chi connectivity index (χ2n) is 6.57. The second kappa shape index (κ2) is 7.10. The van der Waals surface area contributed by atoms with E-state index in [0.717, 1.165) is 15.6 Å². The van der Waals surface area contributed by atoms with Crippen molar-refractivity contribution in [1.29, 1.82) is 0 Å². The number of nitrogens with zero attached hydrogens (tertiary/aromatic N) is 1. The standard InChI is InChI=1S/C20H18BrNO6/c1-25-16-9-13-7-8-22-20(15(13)10-17(16)26-2,27-18(23)19(24)28-22)11-12-3-5-14(21)6-4-12/h3-6,9-10H,7-8,11H2,1-2H3. The lowest BCUT2D eigenvalue weighted by Crippen LogP contribution is -2.60. The molecule has 0 aromatic heterocycles. The van der Waals surface area contributed by atoms with Crippen LogP contribution in [-0.4, -0.2) is 37.8 Å². The summed E-state index contributed by atoms with van der Waals surface area (Å²) < 4.78 is 17.5. The average molecular weight is 448 g/mol. The van der Waals surface area contributed by atoms with Crippen molar-refractivity contribution in [3.63, 3.8) is 0 Å². The fourth-order valence-corrected chi connectivity index (χ4v) is 3.95. The molecule has 146 valence electrons. The van der Waals surface area contributed by atoms with Gasteiger partial charge >= 0.3 is 11.9 Å². The highest BCUT2D eigenvalue weighted by molar-refractivity contribution is 9.10. The normalized spacial score (nSPS) is 21.2. The van der Waals surface area contributed by atoms with Crippen LogP contribution in [0, 0.1) is 0 Å². The number of esters is 1. The maximum atomic E-state index is 12.2. The number of benzene rings is 2. The molecule has 2 aromatic carbocycles. The summed E-state index contributed by atoms with van der Waals surface area (Å²) in [5.74, 6) is -0.940. The van der Waals surface area contributed by atoms with Crippen LogP contribution in [0.1, 0.15) is 16.7 Å². The molecule has 2 aliphatic heterocycles. The number of hydrogen-bond acceptors (Lipinski definition) is 7. The van der Waals surface area contributed by atoms with Crippen LogP contribution in [0.25, 0.3) is 0 Å². The van der Waals surface area contributed by atoms with Gasteiger partial charge in [0.2, 0.25) is 5.72 Å². The Morgan fingerprint density at radius 3 is 2.43 bits per heavy atom. The highest BCUT2D eigenvalue weighted by atomic mass is 79.9. The third-order valence-electron chi connectivity index (χ3n) is 5.00. The minimum Gasteiger partial charge on any atom is -0.493 e. The van der Waals surface area contributed by atoms with Crippen LogP contribution in [0.5, 0.6) is 11.5 Å². The predicted molar refractivity (Wildman–Crippen MR) is 102 cm³/mol. The largest absolute Gasteiger partial charge is 0.493 e. The summed E-state index contributed by atoms with van der Waals surface area (Å²) in [6.07, 6.45) is 0.907. The first-order valence-corrected chi connectivity index (χ1v) is 9.49. The Kier molecular flexibility index (Phi) is 4.76. The van der Waals surface area contributed by atoms with Crippen LogP contribution in [0.2, 0.25) is 0 Å². The lowest BCUT2D eigenvalue weighted by Gasteiger charge is -2.47. The van der Waals surface area contributed by atoms with Crippen LogP contribution in [-0.2, 0) is 37.7 Å². The molecule has 1 atom stereocenters. The van der Waals surface area contributed by atoms with Gasteiger partial charge in [-0.05, 0) is 41.8 Å². The zero-order valence-corrected chi connectivity index (χ0v) is 16.9. The van der Waals surface area contributed by atoms with Crippen molar-refractivity contribution >= 4 is 27.9 Å². The average Bonchev–Trinajstić information content (AvgIpc) is 2.70. The fraction of sp³-hybridized carbons (Fsp3) is 0.300. The molecule has 8 heteroatoms. The van der Waals surface area contributed by atoms with Crippen LogP contribution in [0.4, 0.5) is 0 Å². The molecule has 0 N–H and O–H groups in total. The van der Waals surface area contributed by atoms with E-state index >= 15 is 0 Å². The Labute approximate surface area is 170 Å². The van der Waals surface area contributed by atoms with Gasteiger partial charge in [-0.25, -0.2) is 9.59 Å². The van der Waals surface area contributed by atoms with E-state index in [9.17, 15) is 9.59 Å². The molecule has 2 aliphatic rings. The van der Waals surface area contributed by atoms with Crippen LogP contribution in [0.3, 0.4) is 0 Å². The van der Waals surface area contributed by atoms with Crippen LogP contribution < -0.4 is 9.47 Å². The monoisotopic (exact) mass is 447 g/mol. The van der Waals surface area contributed by atoms with E-state index in [2.05, 4.69) is 15.9 Å². The lowest BCUT2D eigenvalue weighted by molar-refractivity contribution is -0.316. The number of hydrogen-bond donors (Lipinski definition) is 0. The number of carbonyl (C=O) groups excluding carboxylic acids is 2. The van der Waals surface area contributed by atoms with Crippen LogP contribution in [0.15, 0.2) is 40.9 Å². The van der Waals surface area contributed by atoms with Crippen molar-refractivity contribution in [2.45, 2.75) is 18.6 Å². The third kappa shape index (κ3) is 3.02. The predicted octanol–water partition coefficient (Wildman–Crippen LogP) is 2.73. The fourth-order valence-electron chi connectivity index (χ4n) is 3.68. The highest BCUT2D eigenvalue weighted by Crippen LogP contribution is 2.45. The van der Waals surface area contributed by atoms with E-state index in [1.165, 1.54) is 5.06 Å². The Bertz CT molecular complexity index is 944. The molecule has 0 amide bonds. The minimum absolute atomic E-state index is 0.307. The summed E-state index contributed by atoms with van der Waals surface area (Å²) in [4.78, 5) is 29.4. The Hall–Kier alpha value is -2.58. The summed E-state index contributed by atoms with van der Waals surface area (Å²) in [6.45, 7) is 0.387. The number of methoxy groups -OCH3 is 2. The molecule has 0 bridgehead atoms. The zero-order chi connectivity index (χ0) is 19.9. The number of ether oxygens (including phenoxy) is 3. The van der Waals surface area contributed by atoms with Gasteiger partial charge in [0, 0.05) is 23.0 Å². The molecule has 0 aliphatic carbocycles. The molecular weight excluding hydrogens is 430 g/mol. The molecule has 2 heterocycles. The number of fused-ring (bicyclic) bond motifs is 3.